The summed E-state index contributed by atoms with van der Waals surface area (Å²) in [6.45, 7) is 19.2. The van der Waals surface area contributed by atoms with Gasteiger partial charge in [-0.15, -0.1) is 0 Å². The van der Waals surface area contributed by atoms with E-state index in [1.54, 1.807) is 22.3 Å². The fourth-order valence-electron chi connectivity index (χ4n) is 4.09. The third kappa shape index (κ3) is 2.43. The molecule has 0 spiro atoms. The Bertz CT molecular complexity index is 432. The smallest absolute Gasteiger partial charge is 0.00859 e. The van der Waals surface area contributed by atoms with Crippen molar-refractivity contribution >= 4 is 0 Å². The van der Waals surface area contributed by atoms with E-state index in [0.717, 1.165) is 11.8 Å². The van der Waals surface area contributed by atoms with Crippen LogP contribution in [0.15, 0.2) is 22.3 Å². The van der Waals surface area contributed by atoms with Gasteiger partial charge in [0, 0.05) is 0 Å². The van der Waals surface area contributed by atoms with Crippen LogP contribution in [0.3, 0.4) is 0 Å². The van der Waals surface area contributed by atoms with Crippen molar-refractivity contribution < 1.29 is 0 Å². The molecule has 0 aromatic carbocycles. The van der Waals surface area contributed by atoms with Gasteiger partial charge in [-0.1, -0.05) is 66.5 Å². The van der Waals surface area contributed by atoms with Gasteiger partial charge in [0.25, 0.3) is 0 Å². The van der Waals surface area contributed by atoms with E-state index in [4.69, 9.17) is 0 Å². The first-order valence-electron chi connectivity index (χ1n) is 8.04. The highest BCUT2D eigenvalue weighted by Crippen LogP contribution is 2.57. The van der Waals surface area contributed by atoms with E-state index in [2.05, 4.69) is 55.4 Å². The average molecular weight is 260 g/mol. The molecule has 2 unspecified atom stereocenters. The Morgan fingerprint density at radius 1 is 0.895 bits per heavy atom. The largest absolute Gasteiger partial charge is 0.0648 e. The molecule has 0 nitrogen and oxygen atoms in total. The van der Waals surface area contributed by atoms with Crippen LogP contribution in [0.25, 0.3) is 0 Å². The van der Waals surface area contributed by atoms with Crippen molar-refractivity contribution in [1.82, 2.24) is 0 Å². The van der Waals surface area contributed by atoms with Crippen molar-refractivity contribution in [3.63, 3.8) is 0 Å². The molecule has 19 heavy (non-hydrogen) atoms. The lowest BCUT2D eigenvalue weighted by molar-refractivity contribution is 0.439. The van der Waals surface area contributed by atoms with Gasteiger partial charge in [-0.05, 0) is 53.1 Å². The zero-order chi connectivity index (χ0) is 14.6. The Morgan fingerprint density at radius 2 is 1.37 bits per heavy atom. The molecule has 0 amide bonds. The van der Waals surface area contributed by atoms with Crippen LogP contribution in [-0.2, 0) is 0 Å². The predicted octanol–water partition coefficient (Wildman–Crippen LogP) is 6.14. The molecule has 0 heteroatoms. The first-order chi connectivity index (χ1) is 8.57. The fraction of sp³-hybridized carbons (Fsp3) is 0.789. The van der Waals surface area contributed by atoms with E-state index in [0.29, 0.717) is 10.8 Å². The number of hydrogen-bond donors (Lipinski definition) is 0. The second-order valence-corrected chi connectivity index (χ2v) is 8.70. The molecule has 0 aromatic rings. The van der Waals surface area contributed by atoms with Crippen LogP contribution in [-0.4, -0.2) is 0 Å². The lowest BCUT2D eigenvalue weighted by Crippen LogP contribution is -2.15. The van der Waals surface area contributed by atoms with Gasteiger partial charge in [-0.2, -0.15) is 0 Å². The summed E-state index contributed by atoms with van der Waals surface area (Å²) in [5.74, 6) is 1.59. The lowest BCUT2D eigenvalue weighted by Gasteiger charge is -2.28. The predicted molar refractivity (Wildman–Crippen MR) is 85.1 cm³/mol. The molecule has 0 N–H and O–H groups in total. The van der Waals surface area contributed by atoms with E-state index in [9.17, 15) is 0 Å². The SMILES string of the molecule is CCC1CC(C)C2=C(C(C)(C)C)CC(C(C)(C)C)=C21. The minimum atomic E-state index is 0.324. The van der Waals surface area contributed by atoms with Crippen LogP contribution < -0.4 is 0 Å². The number of allylic oxidation sites excluding steroid dienone is 4. The summed E-state index contributed by atoms with van der Waals surface area (Å²) in [5, 5.41) is 0. The van der Waals surface area contributed by atoms with Crippen molar-refractivity contribution in [2.45, 2.75) is 74.7 Å². The molecule has 2 rings (SSSR count). The average Bonchev–Trinajstić information content (AvgIpc) is 2.75. The summed E-state index contributed by atoms with van der Waals surface area (Å²) in [4.78, 5) is 0. The van der Waals surface area contributed by atoms with Gasteiger partial charge < -0.3 is 0 Å². The maximum absolute atomic E-state index is 2.45. The zero-order valence-electron chi connectivity index (χ0n) is 14.3. The van der Waals surface area contributed by atoms with E-state index < -0.39 is 0 Å². The monoisotopic (exact) mass is 260 g/mol. The van der Waals surface area contributed by atoms with Gasteiger partial charge in [0.05, 0.1) is 0 Å². The summed E-state index contributed by atoms with van der Waals surface area (Å²) in [5.41, 5.74) is 7.64. The fourth-order valence-corrected chi connectivity index (χ4v) is 4.09. The van der Waals surface area contributed by atoms with Crippen molar-refractivity contribution in [3.05, 3.63) is 22.3 Å². The van der Waals surface area contributed by atoms with Crippen LogP contribution in [0.1, 0.15) is 74.7 Å². The molecule has 0 aliphatic heterocycles. The third-order valence-corrected chi connectivity index (χ3v) is 5.14. The highest BCUT2D eigenvalue weighted by molar-refractivity contribution is 5.55. The van der Waals surface area contributed by atoms with Gasteiger partial charge >= 0.3 is 0 Å². The topological polar surface area (TPSA) is 0 Å². The van der Waals surface area contributed by atoms with Crippen molar-refractivity contribution in [3.8, 4) is 0 Å². The third-order valence-electron chi connectivity index (χ3n) is 5.14. The molecule has 2 atom stereocenters. The summed E-state index contributed by atoms with van der Waals surface area (Å²) < 4.78 is 0. The minimum absolute atomic E-state index is 0.324. The Labute approximate surface area is 120 Å². The van der Waals surface area contributed by atoms with Gasteiger partial charge in [0.2, 0.25) is 0 Å². The molecular formula is C19H32. The Morgan fingerprint density at radius 3 is 1.79 bits per heavy atom. The number of hydrogen-bond acceptors (Lipinski definition) is 0. The van der Waals surface area contributed by atoms with Gasteiger partial charge in [0.15, 0.2) is 0 Å². The van der Waals surface area contributed by atoms with Gasteiger partial charge in [-0.25, -0.2) is 0 Å². The van der Waals surface area contributed by atoms with Crippen LogP contribution in [0.5, 0.6) is 0 Å². The molecular weight excluding hydrogens is 228 g/mol. The summed E-state index contributed by atoms with van der Waals surface area (Å²) >= 11 is 0. The highest BCUT2D eigenvalue weighted by atomic mass is 14.5. The Balaban J connectivity index is 2.58. The Kier molecular flexibility index (Phi) is 3.52. The summed E-state index contributed by atoms with van der Waals surface area (Å²) in [6.07, 6.45) is 3.92. The molecule has 0 heterocycles. The van der Waals surface area contributed by atoms with Crippen molar-refractivity contribution in [2.75, 3.05) is 0 Å². The van der Waals surface area contributed by atoms with Crippen LogP contribution in [0.4, 0.5) is 0 Å². The first kappa shape index (κ1) is 14.9. The van der Waals surface area contributed by atoms with Crippen LogP contribution >= 0.6 is 0 Å². The first-order valence-corrected chi connectivity index (χ1v) is 8.04. The summed E-state index contributed by atoms with van der Waals surface area (Å²) in [6, 6.07) is 0. The minimum Gasteiger partial charge on any atom is -0.0648 e. The maximum atomic E-state index is 2.45. The molecule has 0 saturated heterocycles. The molecule has 1 saturated carbocycles. The van der Waals surface area contributed by atoms with E-state index in [1.807, 2.05) is 0 Å². The normalized spacial score (nSPS) is 28.4. The molecule has 2 aliphatic carbocycles. The van der Waals surface area contributed by atoms with E-state index >= 15 is 0 Å². The van der Waals surface area contributed by atoms with E-state index in [-0.39, 0.29) is 0 Å². The molecule has 2 aliphatic rings. The Hall–Kier alpha value is -0.520. The quantitative estimate of drug-likeness (QED) is 0.531. The zero-order valence-corrected chi connectivity index (χ0v) is 14.3. The lowest BCUT2D eigenvalue weighted by atomic mass is 9.77. The van der Waals surface area contributed by atoms with E-state index in [1.165, 1.54) is 19.3 Å². The molecule has 1 fully saturated rings. The standard InChI is InChI=1S/C19H32/c1-9-13-10-12(2)16-14(18(3,4)5)11-15(17(13)16)19(6,7)8/h12-13H,9-11H2,1-8H3. The van der Waals surface area contributed by atoms with Crippen LogP contribution in [0, 0.1) is 22.7 Å². The summed E-state index contributed by atoms with van der Waals surface area (Å²) in [7, 11) is 0. The molecule has 0 aromatic heterocycles. The molecule has 0 bridgehead atoms. The van der Waals surface area contributed by atoms with Crippen molar-refractivity contribution in [2.24, 2.45) is 22.7 Å². The second-order valence-electron chi connectivity index (χ2n) is 8.70. The highest BCUT2D eigenvalue weighted by Gasteiger charge is 2.43. The molecule has 108 valence electrons. The van der Waals surface area contributed by atoms with Gasteiger partial charge in [0.1, 0.15) is 0 Å². The number of rotatable bonds is 1. The van der Waals surface area contributed by atoms with Crippen molar-refractivity contribution in [1.29, 1.82) is 0 Å². The van der Waals surface area contributed by atoms with Crippen LogP contribution in [0.2, 0.25) is 0 Å². The second kappa shape index (κ2) is 4.50. The maximum Gasteiger partial charge on any atom is -0.00859 e. The molecule has 0 radical (unpaired) electrons. The number of fused-ring (bicyclic) bond motifs is 1. The van der Waals surface area contributed by atoms with Gasteiger partial charge in [-0.3, -0.25) is 0 Å².